The third-order valence-electron chi connectivity index (χ3n) is 3.20. The summed E-state index contributed by atoms with van der Waals surface area (Å²) in [5, 5.41) is 5.20. The summed E-state index contributed by atoms with van der Waals surface area (Å²) in [6.45, 7) is 1.21. The molecule has 2 aromatic rings. The second kappa shape index (κ2) is 8.43. The molecule has 0 bridgehead atoms. The summed E-state index contributed by atoms with van der Waals surface area (Å²) in [5.41, 5.74) is -1.34. The van der Waals surface area contributed by atoms with Crippen molar-refractivity contribution in [2.45, 2.75) is 12.6 Å². The largest absolute Gasteiger partial charge is 0.418 e. The van der Waals surface area contributed by atoms with Crippen LogP contribution in [0.4, 0.5) is 24.7 Å². The number of hydrogen-bond acceptors (Lipinski definition) is 5. The molecule has 0 spiro atoms. The highest BCUT2D eigenvalue weighted by Gasteiger charge is 2.33. The first-order valence-electron chi connectivity index (χ1n) is 7.44. The van der Waals surface area contributed by atoms with Crippen molar-refractivity contribution >= 4 is 17.4 Å². The number of ether oxygens (including phenoxy) is 1. The van der Waals surface area contributed by atoms with Gasteiger partial charge in [-0.15, -0.1) is 0 Å². The maximum absolute atomic E-state index is 12.9. The third-order valence-corrected chi connectivity index (χ3v) is 3.20. The fraction of sp³-hybridized carbons (Fsp3) is 0.312. The minimum absolute atomic E-state index is 0.0839. The maximum atomic E-state index is 12.9. The molecule has 2 N–H and O–H groups in total. The monoisotopic (exact) mass is 354 g/mol. The van der Waals surface area contributed by atoms with Gasteiger partial charge in [0, 0.05) is 20.3 Å². The molecule has 1 amide bonds. The molecule has 0 saturated heterocycles. The molecule has 0 aliphatic heterocycles. The van der Waals surface area contributed by atoms with Gasteiger partial charge >= 0.3 is 6.18 Å². The first-order chi connectivity index (χ1) is 11.9. The molecule has 0 unspecified atom stereocenters. The lowest BCUT2D eigenvalue weighted by atomic mass is 10.1. The number of nitrogens with one attached hydrogen (secondary N) is 2. The zero-order valence-corrected chi connectivity index (χ0v) is 13.4. The lowest BCUT2D eigenvalue weighted by Gasteiger charge is -2.13. The molecule has 25 heavy (non-hydrogen) atoms. The number of rotatable bonds is 7. The van der Waals surface area contributed by atoms with Gasteiger partial charge in [-0.3, -0.25) is 4.79 Å². The van der Waals surface area contributed by atoms with Crippen LogP contribution in [0.1, 0.15) is 22.5 Å². The summed E-state index contributed by atoms with van der Waals surface area (Å²) in [4.78, 5) is 20.0. The summed E-state index contributed by atoms with van der Waals surface area (Å²) in [6.07, 6.45) is -1.25. The molecular formula is C16H17F3N4O2. The van der Waals surface area contributed by atoms with Crippen LogP contribution in [-0.4, -0.2) is 36.1 Å². The quantitative estimate of drug-likeness (QED) is 0.747. The van der Waals surface area contributed by atoms with Crippen molar-refractivity contribution in [3.8, 4) is 0 Å². The van der Waals surface area contributed by atoms with E-state index in [1.807, 2.05) is 0 Å². The van der Waals surface area contributed by atoms with Crippen molar-refractivity contribution in [1.29, 1.82) is 0 Å². The summed E-state index contributed by atoms with van der Waals surface area (Å²) < 4.78 is 43.7. The number of carbonyl (C=O) groups excluding carboxylic acids is 1. The Morgan fingerprint density at radius 3 is 2.60 bits per heavy atom. The van der Waals surface area contributed by atoms with E-state index in [0.29, 0.717) is 19.0 Å². The third kappa shape index (κ3) is 5.42. The van der Waals surface area contributed by atoms with Crippen LogP contribution in [0.25, 0.3) is 0 Å². The molecule has 0 radical (unpaired) electrons. The normalized spacial score (nSPS) is 11.2. The van der Waals surface area contributed by atoms with Gasteiger partial charge in [0.1, 0.15) is 11.5 Å². The summed E-state index contributed by atoms with van der Waals surface area (Å²) >= 11 is 0. The highest BCUT2D eigenvalue weighted by atomic mass is 19.4. The van der Waals surface area contributed by atoms with Crippen LogP contribution in [0.15, 0.2) is 36.7 Å². The van der Waals surface area contributed by atoms with Crippen molar-refractivity contribution in [1.82, 2.24) is 9.97 Å². The molecule has 0 aliphatic rings. The van der Waals surface area contributed by atoms with E-state index < -0.39 is 17.6 Å². The average molecular weight is 354 g/mol. The van der Waals surface area contributed by atoms with E-state index in [1.54, 1.807) is 7.11 Å². The number of amides is 1. The molecule has 6 nitrogen and oxygen atoms in total. The van der Waals surface area contributed by atoms with Crippen LogP contribution in [0.2, 0.25) is 0 Å². The Labute approximate surface area is 142 Å². The second-order valence-corrected chi connectivity index (χ2v) is 5.06. The molecule has 1 heterocycles. The number of carbonyl (C=O) groups is 1. The van der Waals surface area contributed by atoms with Gasteiger partial charge in [-0.2, -0.15) is 13.2 Å². The van der Waals surface area contributed by atoms with Crippen LogP contribution in [0.5, 0.6) is 0 Å². The maximum Gasteiger partial charge on any atom is 0.418 e. The topological polar surface area (TPSA) is 76.1 Å². The Kier molecular flexibility index (Phi) is 6.29. The summed E-state index contributed by atoms with van der Waals surface area (Å²) in [5.74, 6) is -0.307. The number of methoxy groups -OCH3 is 1. The van der Waals surface area contributed by atoms with E-state index in [0.717, 1.165) is 12.5 Å². The number of anilines is 2. The van der Waals surface area contributed by atoms with Crippen LogP contribution in [-0.2, 0) is 10.9 Å². The number of para-hydroxylation sites is 1. The molecule has 0 atom stereocenters. The van der Waals surface area contributed by atoms with Crippen molar-refractivity contribution in [3.63, 3.8) is 0 Å². The first-order valence-corrected chi connectivity index (χ1v) is 7.44. The first kappa shape index (κ1) is 18.7. The Morgan fingerprint density at radius 2 is 1.96 bits per heavy atom. The van der Waals surface area contributed by atoms with Gasteiger partial charge in [0.25, 0.3) is 5.91 Å². The average Bonchev–Trinajstić information content (AvgIpc) is 2.59. The van der Waals surface area contributed by atoms with Gasteiger partial charge in [0.15, 0.2) is 0 Å². The van der Waals surface area contributed by atoms with Crippen LogP contribution < -0.4 is 10.6 Å². The molecule has 0 aliphatic carbocycles. The smallest absolute Gasteiger partial charge is 0.385 e. The minimum Gasteiger partial charge on any atom is -0.385 e. The van der Waals surface area contributed by atoms with Crippen molar-refractivity contribution < 1.29 is 22.7 Å². The highest BCUT2D eigenvalue weighted by Crippen LogP contribution is 2.34. The van der Waals surface area contributed by atoms with Gasteiger partial charge in [-0.05, 0) is 18.6 Å². The van der Waals surface area contributed by atoms with Gasteiger partial charge in [-0.1, -0.05) is 12.1 Å². The molecule has 0 fully saturated rings. The predicted molar refractivity (Wildman–Crippen MR) is 86.4 cm³/mol. The lowest BCUT2D eigenvalue weighted by molar-refractivity contribution is -0.136. The molecule has 134 valence electrons. The summed E-state index contributed by atoms with van der Waals surface area (Å²) in [6, 6.07) is 4.74. The van der Waals surface area contributed by atoms with E-state index in [1.165, 1.54) is 30.6 Å². The van der Waals surface area contributed by atoms with Gasteiger partial charge in [0.2, 0.25) is 0 Å². The van der Waals surface area contributed by atoms with Crippen LogP contribution in [0.3, 0.4) is 0 Å². The predicted octanol–water partition coefficient (Wildman–Crippen LogP) is 3.20. The number of benzene rings is 1. The minimum atomic E-state index is -4.56. The standard InChI is InChI=1S/C16H17F3N4O2/c1-25-8-4-7-20-14-10-21-13(9-22-14)15(24)23-12-6-3-2-5-11(12)16(17,18)19/h2-3,5-6,9-10H,4,7-8H2,1H3,(H,20,22)(H,23,24). The Balaban J connectivity index is 2.02. The number of nitrogens with zero attached hydrogens (tertiary/aromatic N) is 2. The lowest BCUT2D eigenvalue weighted by Crippen LogP contribution is -2.18. The van der Waals surface area contributed by atoms with E-state index in [-0.39, 0.29) is 11.4 Å². The van der Waals surface area contributed by atoms with Crippen LogP contribution >= 0.6 is 0 Å². The second-order valence-electron chi connectivity index (χ2n) is 5.06. The van der Waals surface area contributed by atoms with Crippen molar-refractivity contribution in [2.75, 3.05) is 30.9 Å². The summed E-state index contributed by atoms with van der Waals surface area (Å²) in [7, 11) is 1.60. The molecular weight excluding hydrogens is 337 g/mol. The molecule has 9 heteroatoms. The molecule has 1 aromatic carbocycles. The molecule has 0 saturated carbocycles. The zero-order valence-electron chi connectivity index (χ0n) is 13.4. The van der Waals surface area contributed by atoms with Crippen LogP contribution in [0, 0.1) is 0 Å². The number of alkyl halides is 3. The van der Waals surface area contributed by atoms with Gasteiger partial charge in [-0.25, -0.2) is 9.97 Å². The zero-order chi connectivity index (χ0) is 18.3. The Hall–Kier alpha value is -2.68. The van der Waals surface area contributed by atoms with Crippen molar-refractivity contribution in [3.05, 3.63) is 47.9 Å². The molecule has 1 aromatic heterocycles. The highest BCUT2D eigenvalue weighted by molar-refractivity contribution is 6.03. The Morgan fingerprint density at radius 1 is 1.20 bits per heavy atom. The fourth-order valence-electron chi connectivity index (χ4n) is 2.00. The number of hydrogen-bond donors (Lipinski definition) is 2. The molecule has 2 rings (SSSR count). The van der Waals surface area contributed by atoms with E-state index in [2.05, 4.69) is 20.6 Å². The SMILES string of the molecule is COCCCNc1cnc(C(=O)Nc2ccccc2C(F)(F)F)cn1. The number of aromatic nitrogens is 2. The Bertz CT molecular complexity index is 705. The van der Waals surface area contributed by atoms with E-state index in [4.69, 9.17) is 4.74 Å². The van der Waals surface area contributed by atoms with Gasteiger partial charge in [0.05, 0.1) is 23.6 Å². The van der Waals surface area contributed by atoms with E-state index in [9.17, 15) is 18.0 Å². The fourth-order valence-corrected chi connectivity index (χ4v) is 2.00. The van der Waals surface area contributed by atoms with Crippen molar-refractivity contribution in [2.24, 2.45) is 0 Å². The van der Waals surface area contributed by atoms with E-state index >= 15 is 0 Å². The van der Waals surface area contributed by atoms with Gasteiger partial charge < -0.3 is 15.4 Å². The number of halogens is 3.